The van der Waals surface area contributed by atoms with Crippen molar-refractivity contribution in [3.05, 3.63) is 23.2 Å². The van der Waals surface area contributed by atoms with Gasteiger partial charge in [0.15, 0.2) is 0 Å². The molecule has 0 saturated carbocycles. The third kappa shape index (κ3) is 3.48. The highest BCUT2D eigenvalue weighted by molar-refractivity contribution is 7.85. The van der Waals surface area contributed by atoms with Crippen molar-refractivity contribution in [2.45, 2.75) is 11.8 Å². The molecule has 0 heterocycles. The number of hydrogen-bond donors (Lipinski definition) is 1. The summed E-state index contributed by atoms with van der Waals surface area (Å²) in [7, 11) is -1.19. The highest BCUT2D eigenvalue weighted by Crippen LogP contribution is 2.25. The molecule has 2 N–H and O–H groups in total. The Bertz CT molecular complexity index is 337. The van der Waals surface area contributed by atoms with E-state index < -0.39 is 10.8 Å². The lowest BCUT2D eigenvalue weighted by Crippen LogP contribution is -2.08. The second-order valence-corrected chi connectivity index (χ2v) is 4.82. The van der Waals surface area contributed by atoms with Crippen LogP contribution in [-0.2, 0) is 15.5 Å². The Balaban J connectivity index is 2.73. The second kappa shape index (κ2) is 6.10. The molecule has 84 valence electrons. The van der Waals surface area contributed by atoms with Crippen LogP contribution < -0.4 is 5.73 Å². The maximum Gasteiger partial charge on any atom is 0.0804 e. The van der Waals surface area contributed by atoms with E-state index in [-0.39, 0.29) is 0 Å². The molecule has 0 aliphatic rings. The van der Waals surface area contributed by atoms with E-state index in [1.807, 2.05) is 6.92 Å². The van der Waals surface area contributed by atoms with Gasteiger partial charge in [0, 0.05) is 12.3 Å². The molecular formula is C10H14ClNO2S. The van der Waals surface area contributed by atoms with Gasteiger partial charge >= 0.3 is 0 Å². The van der Waals surface area contributed by atoms with E-state index in [1.165, 1.54) is 0 Å². The van der Waals surface area contributed by atoms with E-state index in [4.69, 9.17) is 22.1 Å². The fourth-order valence-corrected chi connectivity index (χ4v) is 2.68. The topological polar surface area (TPSA) is 52.3 Å². The predicted molar refractivity (Wildman–Crippen MR) is 63.6 cm³/mol. The highest BCUT2D eigenvalue weighted by Gasteiger charge is 2.11. The Morgan fingerprint density at radius 2 is 2.27 bits per heavy atom. The normalized spacial score (nSPS) is 12.7. The molecule has 1 unspecified atom stereocenters. The van der Waals surface area contributed by atoms with Crippen molar-refractivity contribution in [1.82, 2.24) is 0 Å². The lowest BCUT2D eigenvalue weighted by Gasteiger charge is -2.07. The fourth-order valence-electron chi connectivity index (χ4n) is 1.15. The SMILES string of the molecule is CCOCCS(=O)c1c(N)cccc1Cl. The molecule has 15 heavy (non-hydrogen) atoms. The Hall–Kier alpha value is -0.580. The number of benzene rings is 1. The van der Waals surface area contributed by atoms with Gasteiger partial charge in [0.2, 0.25) is 0 Å². The summed E-state index contributed by atoms with van der Waals surface area (Å²) in [5.41, 5.74) is 6.18. The van der Waals surface area contributed by atoms with Gasteiger partial charge in [-0.1, -0.05) is 17.7 Å². The monoisotopic (exact) mass is 247 g/mol. The van der Waals surface area contributed by atoms with Crippen LogP contribution in [0.5, 0.6) is 0 Å². The minimum atomic E-state index is -1.19. The molecule has 1 aromatic carbocycles. The van der Waals surface area contributed by atoms with Crippen LogP contribution >= 0.6 is 11.6 Å². The van der Waals surface area contributed by atoms with Crippen molar-refractivity contribution in [2.24, 2.45) is 0 Å². The first-order chi connectivity index (χ1) is 7.16. The number of anilines is 1. The van der Waals surface area contributed by atoms with Gasteiger partial charge in [-0.15, -0.1) is 0 Å². The number of nitrogen functional groups attached to an aromatic ring is 1. The van der Waals surface area contributed by atoms with Crippen LogP contribution in [0, 0.1) is 0 Å². The van der Waals surface area contributed by atoms with Gasteiger partial charge in [0.1, 0.15) is 0 Å². The number of halogens is 1. The first-order valence-electron chi connectivity index (χ1n) is 4.67. The van der Waals surface area contributed by atoms with Crippen LogP contribution in [0.3, 0.4) is 0 Å². The Labute approximate surface area is 97.0 Å². The molecule has 0 fully saturated rings. The summed E-state index contributed by atoms with van der Waals surface area (Å²) in [6.45, 7) is 2.97. The average molecular weight is 248 g/mol. The minimum absolute atomic E-state index is 0.418. The van der Waals surface area contributed by atoms with Crippen molar-refractivity contribution < 1.29 is 8.95 Å². The molecule has 0 aromatic heterocycles. The molecule has 3 nitrogen and oxygen atoms in total. The lowest BCUT2D eigenvalue weighted by molar-refractivity contribution is 0.164. The summed E-state index contributed by atoms with van der Waals surface area (Å²) >= 11 is 5.92. The Morgan fingerprint density at radius 1 is 1.53 bits per heavy atom. The molecule has 1 aromatic rings. The van der Waals surface area contributed by atoms with Gasteiger partial charge in [-0.25, -0.2) is 0 Å². The summed E-state index contributed by atoms with van der Waals surface area (Å²) in [5, 5.41) is 0.449. The Kier molecular flexibility index (Phi) is 5.08. The molecule has 0 radical (unpaired) electrons. The third-order valence-corrected chi connectivity index (χ3v) is 3.72. The van der Waals surface area contributed by atoms with Gasteiger partial charge in [-0.3, -0.25) is 4.21 Å². The molecule has 0 bridgehead atoms. The van der Waals surface area contributed by atoms with Gasteiger partial charge in [-0.2, -0.15) is 0 Å². The Morgan fingerprint density at radius 3 is 2.87 bits per heavy atom. The van der Waals surface area contributed by atoms with E-state index >= 15 is 0 Å². The highest BCUT2D eigenvalue weighted by atomic mass is 35.5. The lowest BCUT2D eigenvalue weighted by atomic mass is 10.3. The number of nitrogens with two attached hydrogens (primary N) is 1. The zero-order valence-corrected chi connectivity index (χ0v) is 10.1. The van der Waals surface area contributed by atoms with Gasteiger partial charge in [0.05, 0.1) is 33.1 Å². The van der Waals surface area contributed by atoms with Gasteiger partial charge < -0.3 is 10.5 Å². The van der Waals surface area contributed by atoms with E-state index in [9.17, 15) is 4.21 Å². The molecule has 1 atom stereocenters. The maximum absolute atomic E-state index is 11.8. The van der Waals surface area contributed by atoms with Crippen molar-refractivity contribution in [3.63, 3.8) is 0 Å². The zero-order chi connectivity index (χ0) is 11.3. The standard InChI is InChI=1S/C10H14ClNO2S/c1-2-14-6-7-15(13)10-8(11)4-3-5-9(10)12/h3-5H,2,6-7,12H2,1H3. The van der Waals surface area contributed by atoms with Gasteiger partial charge in [-0.05, 0) is 19.1 Å². The molecule has 0 amide bonds. The molecule has 1 rings (SSSR count). The molecule has 0 aliphatic heterocycles. The molecular weight excluding hydrogens is 234 g/mol. The van der Waals surface area contributed by atoms with Crippen LogP contribution in [0.15, 0.2) is 23.1 Å². The average Bonchev–Trinajstić information content (AvgIpc) is 2.18. The number of ether oxygens (including phenoxy) is 1. The van der Waals surface area contributed by atoms with Crippen LogP contribution in [0.25, 0.3) is 0 Å². The summed E-state index contributed by atoms with van der Waals surface area (Å²) in [4.78, 5) is 0.513. The second-order valence-electron chi connectivity index (χ2n) is 2.90. The van der Waals surface area contributed by atoms with Crippen molar-refractivity contribution in [1.29, 1.82) is 0 Å². The molecule has 0 saturated heterocycles. The number of hydrogen-bond acceptors (Lipinski definition) is 3. The van der Waals surface area contributed by atoms with Crippen LogP contribution in [-0.4, -0.2) is 23.2 Å². The first kappa shape index (κ1) is 12.5. The number of rotatable bonds is 5. The third-order valence-electron chi connectivity index (χ3n) is 1.84. The van der Waals surface area contributed by atoms with Crippen LogP contribution in [0.1, 0.15) is 6.92 Å². The quantitative estimate of drug-likeness (QED) is 0.640. The fraction of sp³-hybridized carbons (Fsp3) is 0.400. The first-order valence-corrected chi connectivity index (χ1v) is 6.36. The zero-order valence-electron chi connectivity index (χ0n) is 8.53. The smallest absolute Gasteiger partial charge is 0.0804 e. The van der Waals surface area contributed by atoms with E-state index in [1.54, 1.807) is 18.2 Å². The maximum atomic E-state index is 11.8. The van der Waals surface area contributed by atoms with E-state index in [0.29, 0.717) is 34.6 Å². The van der Waals surface area contributed by atoms with Crippen molar-refractivity contribution >= 4 is 28.1 Å². The summed E-state index contributed by atoms with van der Waals surface area (Å²) in [6.07, 6.45) is 0. The van der Waals surface area contributed by atoms with Crippen molar-refractivity contribution in [2.75, 3.05) is 24.7 Å². The van der Waals surface area contributed by atoms with Crippen LogP contribution in [0.4, 0.5) is 5.69 Å². The van der Waals surface area contributed by atoms with Gasteiger partial charge in [0.25, 0.3) is 0 Å². The summed E-state index contributed by atoms with van der Waals surface area (Å²) in [6, 6.07) is 5.12. The molecule has 5 heteroatoms. The minimum Gasteiger partial charge on any atom is -0.398 e. The summed E-state index contributed by atoms with van der Waals surface area (Å²) < 4.78 is 17.0. The predicted octanol–water partition coefficient (Wildman–Crippen LogP) is 2.07. The van der Waals surface area contributed by atoms with E-state index in [0.717, 1.165) is 0 Å². The molecule has 0 aliphatic carbocycles. The van der Waals surface area contributed by atoms with Crippen LogP contribution in [0.2, 0.25) is 5.02 Å². The van der Waals surface area contributed by atoms with E-state index in [2.05, 4.69) is 0 Å². The van der Waals surface area contributed by atoms with Crippen molar-refractivity contribution in [3.8, 4) is 0 Å². The molecule has 0 spiro atoms. The largest absolute Gasteiger partial charge is 0.398 e. The summed E-state index contributed by atoms with van der Waals surface area (Å²) in [5.74, 6) is 0.418.